The molecule has 25 heavy (non-hydrogen) atoms. The summed E-state index contributed by atoms with van der Waals surface area (Å²) in [4.78, 5) is 12.2. The number of carbonyl (C=O) groups is 1. The summed E-state index contributed by atoms with van der Waals surface area (Å²) in [6.45, 7) is 8.61. The van der Waals surface area contributed by atoms with E-state index in [1.54, 1.807) is 14.0 Å². The van der Waals surface area contributed by atoms with Gasteiger partial charge in [-0.2, -0.15) is 0 Å². The zero-order valence-electron chi connectivity index (χ0n) is 15.6. The molecule has 4 heteroatoms. The Morgan fingerprint density at radius 3 is 2.24 bits per heavy atom. The van der Waals surface area contributed by atoms with Crippen molar-refractivity contribution < 1.29 is 14.3 Å². The summed E-state index contributed by atoms with van der Waals surface area (Å²) in [6.07, 6.45) is -0.553. The van der Waals surface area contributed by atoms with E-state index in [0.29, 0.717) is 18.2 Å². The van der Waals surface area contributed by atoms with Crippen molar-refractivity contribution >= 4 is 5.91 Å². The standard InChI is InChI=1S/C21H27NO3/c1-14(2)20-11-10-19(12-15(20)3)25-16(4)21(23)22-13-17-6-8-18(24-5)9-7-17/h6-12,14,16H,13H2,1-5H3,(H,22,23). The maximum atomic E-state index is 12.2. The lowest BCUT2D eigenvalue weighted by atomic mass is 9.98. The van der Waals surface area contributed by atoms with E-state index in [-0.39, 0.29) is 5.91 Å². The molecule has 2 aromatic carbocycles. The van der Waals surface area contributed by atoms with Gasteiger partial charge in [0.15, 0.2) is 6.10 Å². The van der Waals surface area contributed by atoms with Crippen LogP contribution in [0.5, 0.6) is 11.5 Å². The van der Waals surface area contributed by atoms with E-state index in [0.717, 1.165) is 11.3 Å². The number of rotatable bonds is 7. The second-order valence-corrected chi connectivity index (χ2v) is 6.50. The Morgan fingerprint density at radius 1 is 1.04 bits per heavy atom. The molecule has 0 fully saturated rings. The van der Waals surface area contributed by atoms with Gasteiger partial charge < -0.3 is 14.8 Å². The predicted octanol–water partition coefficient (Wildman–Crippen LogP) is 4.21. The highest BCUT2D eigenvalue weighted by molar-refractivity contribution is 5.80. The molecule has 0 bridgehead atoms. The molecule has 0 aliphatic rings. The number of aryl methyl sites for hydroxylation is 1. The largest absolute Gasteiger partial charge is 0.497 e. The average Bonchev–Trinajstić information content (AvgIpc) is 2.59. The van der Waals surface area contributed by atoms with Crippen molar-refractivity contribution in [3.8, 4) is 11.5 Å². The van der Waals surface area contributed by atoms with Crippen LogP contribution in [0.15, 0.2) is 42.5 Å². The summed E-state index contributed by atoms with van der Waals surface area (Å²) < 4.78 is 10.9. The summed E-state index contributed by atoms with van der Waals surface area (Å²) in [5, 5.41) is 2.90. The summed E-state index contributed by atoms with van der Waals surface area (Å²) in [5.74, 6) is 1.85. The van der Waals surface area contributed by atoms with Crippen molar-refractivity contribution in [2.24, 2.45) is 0 Å². The van der Waals surface area contributed by atoms with Crippen molar-refractivity contribution in [1.82, 2.24) is 5.32 Å². The Bertz CT molecular complexity index is 708. The van der Waals surface area contributed by atoms with Gasteiger partial charge in [0.2, 0.25) is 0 Å². The molecule has 1 amide bonds. The summed E-state index contributed by atoms with van der Waals surface area (Å²) in [5.41, 5.74) is 3.49. The Labute approximate surface area is 150 Å². The average molecular weight is 341 g/mol. The molecule has 2 rings (SSSR count). The van der Waals surface area contributed by atoms with Gasteiger partial charge in [0.1, 0.15) is 11.5 Å². The Kier molecular flexibility index (Phi) is 6.45. The lowest BCUT2D eigenvalue weighted by molar-refractivity contribution is -0.127. The molecule has 0 aliphatic carbocycles. The van der Waals surface area contributed by atoms with Crippen LogP contribution in [0.1, 0.15) is 43.4 Å². The number of carbonyl (C=O) groups excluding carboxylic acids is 1. The molecule has 1 unspecified atom stereocenters. The third-order valence-corrected chi connectivity index (χ3v) is 4.17. The fourth-order valence-corrected chi connectivity index (χ4v) is 2.70. The maximum absolute atomic E-state index is 12.2. The molecule has 1 atom stereocenters. The quantitative estimate of drug-likeness (QED) is 0.820. The van der Waals surface area contributed by atoms with Gasteiger partial charge in [-0.3, -0.25) is 4.79 Å². The summed E-state index contributed by atoms with van der Waals surface area (Å²) >= 11 is 0. The van der Waals surface area contributed by atoms with Gasteiger partial charge in [0.05, 0.1) is 7.11 Å². The summed E-state index contributed by atoms with van der Waals surface area (Å²) in [7, 11) is 1.63. The van der Waals surface area contributed by atoms with Crippen molar-refractivity contribution in [2.45, 2.75) is 46.3 Å². The first-order valence-corrected chi connectivity index (χ1v) is 8.58. The van der Waals surface area contributed by atoms with Gasteiger partial charge in [-0.1, -0.05) is 32.0 Å². The molecule has 0 spiro atoms. The first-order chi connectivity index (χ1) is 11.9. The first kappa shape index (κ1) is 18.8. The Hall–Kier alpha value is -2.49. The lowest BCUT2D eigenvalue weighted by Crippen LogP contribution is -2.35. The zero-order chi connectivity index (χ0) is 18.4. The van der Waals surface area contributed by atoms with Gasteiger partial charge in [-0.05, 0) is 60.7 Å². The highest BCUT2D eigenvalue weighted by Gasteiger charge is 2.15. The second-order valence-electron chi connectivity index (χ2n) is 6.50. The smallest absolute Gasteiger partial charge is 0.261 e. The van der Waals surface area contributed by atoms with Crippen molar-refractivity contribution in [2.75, 3.05) is 7.11 Å². The minimum atomic E-state index is -0.553. The molecule has 134 valence electrons. The number of amides is 1. The highest BCUT2D eigenvalue weighted by Crippen LogP contribution is 2.24. The van der Waals surface area contributed by atoms with Gasteiger partial charge >= 0.3 is 0 Å². The zero-order valence-corrected chi connectivity index (χ0v) is 15.6. The first-order valence-electron chi connectivity index (χ1n) is 8.58. The molecule has 0 heterocycles. The molecule has 2 aromatic rings. The van der Waals surface area contributed by atoms with Crippen LogP contribution in [0.3, 0.4) is 0 Å². The lowest BCUT2D eigenvalue weighted by Gasteiger charge is -2.17. The topological polar surface area (TPSA) is 47.6 Å². The molecule has 0 aliphatic heterocycles. The van der Waals surface area contributed by atoms with Gasteiger partial charge in [0.25, 0.3) is 5.91 Å². The fourth-order valence-electron chi connectivity index (χ4n) is 2.70. The van der Waals surface area contributed by atoms with Crippen molar-refractivity contribution in [3.05, 3.63) is 59.2 Å². The van der Waals surface area contributed by atoms with Crippen LogP contribution in [0, 0.1) is 6.92 Å². The van der Waals surface area contributed by atoms with E-state index < -0.39 is 6.10 Å². The van der Waals surface area contributed by atoms with Crippen LogP contribution >= 0.6 is 0 Å². The SMILES string of the molecule is COc1ccc(CNC(=O)C(C)Oc2ccc(C(C)C)c(C)c2)cc1. The van der Waals surface area contributed by atoms with E-state index in [1.807, 2.05) is 36.4 Å². The molecule has 0 saturated carbocycles. The Balaban J connectivity index is 1.90. The number of methoxy groups -OCH3 is 1. The molecular weight excluding hydrogens is 314 g/mol. The number of ether oxygens (including phenoxy) is 2. The Morgan fingerprint density at radius 2 is 1.68 bits per heavy atom. The van der Waals surface area contributed by atoms with Crippen LogP contribution in [-0.4, -0.2) is 19.1 Å². The third-order valence-electron chi connectivity index (χ3n) is 4.17. The second kappa shape index (κ2) is 8.56. The molecule has 0 radical (unpaired) electrons. The maximum Gasteiger partial charge on any atom is 0.261 e. The van der Waals surface area contributed by atoms with Gasteiger partial charge in [-0.25, -0.2) is 0 Å². The van der Waals surface area contributed by atoms with E-state index in [9.17, 15) is 4.79 Å². The van der Waals surface area contributed by atoms with Gasteiger partial charge in [0, 0.05) is 6.54 Å². The van der Waals surface area contributed by atoms with E-state index in [1.165, 1.54) is 11.1 Å². The predicted molar refractivity (Wildman–Crippen MR) is 100 cm³/mol. The number of hydrogen-bond donors (Lipinski definition) is 1. The third kappa shape index (κ3) is 5.24. The summed E-state index contributed by atoms with van der Waals surface area (Å²) in [6, 6.07) is 13.6. The fraction of sp³-hybridized carbons (Fsp3) is 0.381. The minimum Gasteiger partial charge on any atom is -0.497 e. The van der Waals surface area contributed by atoms with Crippen LogP contribution in [-0.2, 0) is 11.3 Å². The normalized spacial score (nSPS) is 11.9. The van der Waals surface area contributed by atoms with Crippen LogP contribution < -0.4 is 14.8 Å². The van der Waals surface area contributed by atoms with E-state index in [2.05, 4.69) is 32.2 Å². The van der Waals surface area contributed by atoms with Crippen LogP contribution in [0.2, 0.25) is 0 Å². The van der Waals surface area contributed by atoms with Crippen LogP contribution in [0.25, 0.3) is 0 Å². The van der Waals surface area contributed by atoms with Crippen molar-refractivity contribution in [3.63, 3.8) is 0 Å². The highest BCUT2D eigenvalue weighted by atomic mass is 16.5. The number of benzene rings is 2. The minimum absolute atomic E-state index is 0.138. The molecule has 0 aromatic heterocycles. The van der Waals surface area contributed by atoms with Gasteiger partial charge in [-0.15, -0.1) is 0 Å². The molecule has 0 saturated heterocycles. The van der Waals surface area contributed by atoms with Crippen molar-refractivity contribution in [1.29, 1.82) is 0 Å². The number of nitrogens with one attached hydrogen (secondary N) is 1. The molecule has 4 nitrogen and oxygen atoms in total. The van der Waals surface area contributed by atoms with E-state index >= 15 is 0 Å². The van der Waals surface area contributed by atoms with Crippen LogP contribution in [0.4, 0.5) is 0 Å². The number of hydrogen-bond acceptors (Lipinski definition) is 3. The molecule has 1 N–H and O–H groups in total. The molecular formula is C21H27NO3. The van der Waals surface area contributed by atoms with E-state index in [4.69, 9.17) is 9.47 Å². The monoisotopic (exact) mass is 341 g/mol.